The van der Waals surface area contributed by atoms with E-state index < -0.39 is 11.1 Å². The van der Waals surface area contributed by atoms with Crippen LogP contribution < -0.4 is 11.1 Å². The van der Waals surface area contributed by atoms with Gasteiger partial charge in [-0.25, -0.2) is 0 Å². The quantitative estimate of drug-likeness (QED) is 0.663. The number of hydrogen-bond donors (Lipinski definition) is 2. The second-order valence-corrected chi connectivity index (χ2v) is 5.76. The van der Waals surface area contributed by atoms with Crippen LogP contribution in [-0.4, -0.2) is 9.97 Å². The van der Waals surface area contributed by atoms with E-state index >= 15 is 0 Å². The second-order valence-electron chi connectivity index (χ2n) is 4.74. The Balaban J connectivity index is 1.71. The van der Waals surface area contributed by atoms with Crippen LogP contribution in [0.2, 0.25) is 0 Å². The molecule has 0 spiro atoms. The van der Waals surface area contributed by atoms with Crippen LogP contribution in [0, 0.1) is 0 Å². The van der Waals surface area contributed by atoms with Crippen molar-refractivity contribution < 1.29 is 0 Å². The molecule has 1 saturated carbocycles. The smallest absolute Gasteiger partial charge is 0.314 e. The summed E-state index contributed by atoms with van der Waals surface area (Å²) >= 11 is 1.51. The van der Waals surface area contributed by atoms with Gasteiger partial charge in [-0.15, -0.1) is 11.8 Å². The highest BCUT2D eigenvalue weighted by molar-refractivity contribution is 7.98. The first-order valence-electron chi connectivity index (χ1n) is 6.26. The molecule has 2 N–H and O–H groups in total. The van der Waals surface area contributed by atoms with Crippen molar-refractivity contribution >= 4 is 11.8 Å². The number of aromatic amines is 2. The van der Waals surface area contributed by atoms with E-state index in [-0.39, 0.29) is 0 Å². The third-order valence-corrected chi connectivity index (χ3v) is 4.18. The van der Waals surface area contributed by atoms with Crippen molar-refractivity contribution in [1.29, 1.82) is 0 Å². The maximum Gasteiger partial charge on any atom is 0.314 e. The van der Waals surface area contributed by atoms with Crippen molar-refractivity contribution in [3.05, 3.63) is 62.3 Å². The fraction of sp³-hybridized carbons (Fsp3) is 0.286. The maximum absolute atomic E-state index is 11.2. The highest BCUT2D eigenvalue weighted by Crippen LogP contribution is 2.40. The SMILES string of the molecule is O=c1[nH]cc(SCc2cccc(C3CC3)c2)[nH]c1=O. The fourth-order valence-electron chi connectivity index (χ4n) is 1.99. The molecule has 1 aromatic carbocycles. The van der Waals surface area contributed by atoms with Crippen molar-refractivity contribution in [3.8, 4) is 0 Å². The number of nitrogens with one attached hydrogen (secondary N) is 2. The standard InChI is InChI=1S/C14H14N2O2S/c17-13-14(18)16-12(7-15-13)19-8-9-2-1-3-11(6-9)10-4-5-10/h1-3,6-7,10H,4-5,8H2,(H,15,17)(H,16,18). The van der Waals surface area contributed by atoms with E-state index in [2.05, 4.69) is 34.2 Å². The van der Waals surface area contributed by atoms with E-state index in [4.69, 9.17) is 0 Å². The van der Waals surface area contributed by atoms with Gasteiger partial charge in [-0.3, -0.25) is 9.59 Å². The lowest BCUT2D eigenvalue weighted by molar-refractivity contribution is 0.971. The first-order valence-corrected chi connectivity index (χ1v) is 7.24. The molecule has 5 heteroatoms. The molecule has 0 radical (unpaired) electrons. The highest BCUT2D eigenvalue weighted by Gasteiger charge is 2.23. The van der Waals surface area contributed by atoms with Crippen LogP contribution in [-0.2, 0) is 5.75 Å². The predicted molar refractivity (Wildman–Crippen MR) is 75.7 cm³/mol. The van der Waals surface area contributed by atoms with E-state index in [9.17, 15) is 9.59 Å². The summed E-state index contributed by atoms with van der Waals surface area (Å²) in [5, 5.41) is 0.682. The highest BCUT2D eigenvalue weighted by atomic mass is 32.2. The van der Waals surface area contributed by atoms with Crippen molar-refractivity contribution in [3.63, 3.8) is 0 Å². The molecule has 3 rings (SSSR count). The van der Waals surface area contributed by atoms with Gasteiger partial charge in [-0.1, -0.05) is 24.3 Å². The van der Waals surface area contributed by atoms with E-state index in [0.717, 1.165) is 11.7 Å². The molecule has 2 aromatic rings. The van der Waals surface area contributed by atoms with Gasteiger partial charge in [-0.2, -0.15) is 0 Å². The monoisotopic (exact) mass is 274 g/mol. The van der Waals surface area contributed by atoms with Gasteiger partial charge < -0.3 is 9.97 Å². The van der Waals surface area contributed by atoms with Crippen LogP contribution in [0.5, 0.6) is 0 Å². The Kier molecular flexibility index (Phi) is 3.29. The Morgan fingerprint density at radius 3 is 2.79 bits per heavy atom. The largest absolute Gasteiger partial charge is 0.322 e. The summed E-state index contributed by atoms with van der Waals surface area (Å²) in [6.45, 7) is 0. The van der Waals surface area contributed by atoms with E-state index in [1.165, 1.54) is 35.7 Å². The Morgan fingerprint density at radius 1 is 1.21 bits per heavy atom. The molecule has 1 aliphatic carbocycles. The molecular formula is C14H14N2O2S. The van der Waals surface area contributed by atoms with E-state index in [0.29, 0.717) is 5.03 Å². The molecule has 0 atom stereocenters. The summed E-state index contributed by atoms with van der Waals surface area (Å²) in [7, 11) is 0. The minimum Gasteiger partial charge on any atom is -0.322 e. The van der Waals surface area contributed by atoms with Gasteiger partial charge in [0.1, 0.15) is 0 Å². The van der Waals surface area contributed by atoms with Crippen molar-refractivity contribution in [2.75, 3.05) is 0 Å². The van der Waals surface area contributed by atoms with Gasteiger partial charge in [0.2, 0.25) is 0 Å². The molecule has 0 amide bonds. The Morgan fingerprint density at radius 2 is 2.05 bits per heavy atom. The van der Waals surface area contributed by atoms with Crippen LogP contribution in [0.25, 0.3) is 0 Å². The van der Waals surface area contributed by atoms with Crippen LogP contribution >= 0.6 is 11.8 Å². The summed E-state index contributed by atoms with van der Waals surface area (Å²) in [5.74, 6) is 1.53. The number of rotatable bonds is 4. The average molecular weight is 274 g/mol. The molecule has 1 heterocycles. The van der Waals surface area contributed by atoms with Gasteiger partial charge in [0, 0.05) is 11.9 Å². The zero-order valence-corrected chi connectivity index (χ0v) is 11.1. The molecule has 1 aliphatic rings. The van der Waals surface area contributed by atoms with Crippen LogP contribution in [0.4, 0.5) is 0 Å². The molecule has 4 nitrogen and oxygen atoms in total. The second kappa shape index (κ2) is 5.09. The lowest BCUT2D eigenvalue weighted by atomic mass is 10.1. The molecule has 1 fully saturated rings. The minimum atomic E-state index is -0.611. The van der Waals surface area contributed by atoms with Gasteiger partial charge >= 0.3 is 11.1 Å². The Bertz CT molecular complexity index is 701. The normalized spacial score (nSPS) is 14.5. The molecule has 1 aromatic heterocycles. The molecular weight excluding hydrogens is 260 g/mol. The first kappa shape index (κ1) is 12.3. The lowest BCUT2D eigenvalue weighted by Gasteiger charge is -2.04. The van der Waals surface area contributed by atoms with Crippen LogP contribution in [0.1, 0.15) is 29.9 Å². The predicted octanol–water partition coefficient (Wildman–Crippen LogP) is 2.23. The summed E-state index contributed by atoms with van der Waals surface area (Å²) in [6.07, 6.45) is 4.13. The van der Waals surface area contributed by atoms with Gasteiger partial charge in [-0.05, 0) is 29.9 Å². The van der Waals surface area contributed by atoms with Crippen molar-refractivity contribution in [1.82, 2.24) is 9.97 Å². The minimum absolute atomic E-state index is 0.600. The van der Waals surface area contributed by atoms with E-state index in [1.807, 2.05) is 0 Å². The van der Waals surface area contributed by atoms with Crippen molar-refractivity contribution in [2.24, 2.45) is 0 Å². The summed E-state index contributed by atoms with van der Waals surface area (Å²) in [5.41, 5.74) is 1.44. The molecule has 0 aliphatic heterocycles. The molecule has 0 bridgehead atoms. The Hall–Kier alpha value is -1.75. The molecule has 19 heavy (non-hydrogen) atoms. The zero-order chi connectivity index (χ0) is 13.2. The third-order valence-electron chi connectivity index (χ3n) is 3.17. The topological polar surface area (TPSA) is 65.7 Å². The summed E-state index contributed by atoms with van der Waals surface area (Å²) in [4.78, 5) is 27.1. The number of aromatic nitrogens is 2. The van der Waals surface area contributed by atoms with E-state index in [1.54, 1.807) is 6.20 Å². The maximum atomic E-state index is 11.2. The molecule has 0 saturated heterocycles. The van der Waals surface area contributed by atoms with Gasteiger partial charge in [0.25, 0.3) is 0 Å². The summed E-state index contributed by atoms with van der Waals surface area (Å²) < 4.78 is 0. The average Bonchev–Trinajstić information content (AvgIpc) is 3.25. The third kappa shape index (κ3) is 2.98. The molecule has 0 unspecified atom stereocenters. The fourth-order valence-corrected chi connectivity index (χ4v) is 2.80. The molecule has 98 valence electrons. The summed E-state index contributed by atoms with van der Waals surface area (Å²) in [6, 6.07) is 8.57. The Labute approximate surface area is 114 Å². The van der Waals surface area contributed by atoms with Gasteiger partial charge in [0.05, 0.1) is 5.03 Å². The zero-order valence-electron chi connectivity index (χ0n) is 10.3. The van der Waals surface area contributed by atoms with Crippen LogP contribution in [0.3, 0.4) is 0 Å². The number of benzene rings is 1. The van der Waals surface area contributed by atoms with Crippen molar-refractivity contribution in [2.45, 2.75) is 29.5 Å². The van der Waals surface area contributed by atoms with Crippen LogP contribution in [0.15, 0.2) is 45.1 Å². The first-order chi connectivity index (χ1) is 9.22. The van der Waals surface area contributed by atoms with Gasteiger partial charge in [0.15, 0.2) is 0 Å². The number of thioether (sulfide) groups is 1. The number of H-pyrrole nitrogens is 2. The lowest BCUT2D eigenvalue weighted by Crippen LogP contribution is -2.28. The number of hydrogen-bond acceptors (Lipinski definition) is 3.